The zero-order chi connectivity index (χ0) is 17.9. The van der Waals surface area contributed by atoms with Crippen molar-refractivity contribution in [2.45, 2.75) is 31.7 Å². The second kappa shape index (κ2) is 7.93. The zero-order valence-electron chi connectivity index (χ0n) is 15.0. The van der Waals surface area contributed by atoms with Crippen molar-refractivity contribution in [1.82, 2.24) is 9.80 Å². The maximum Gasteiger partial charge on any atom is 0.254 e. The average molecular weight is 413 g/mol. The molecule has 4 heteroatoms. The van der Waals surface area contributed by atoms with E-state index < -0.39 is 0 Å². The number of benzene rings is 2. The molecule has 0 N–H and O–H groups in total. The van der Waals surface area contributed by atoms with Gasteiger partial charge in [-0.3, -0.25) is 4.79 Å². The summed E-state index contributed by atoms with van der Waals surface area (Å²) in [5, 5.41) is 0. The SMILES string of the molecule is O=C(c1ccc(-c2ccc(Br)cc2)cc1)N1CCCC1CN1CCCC1. The van der Waals surface area contributed by atoms with E-state index in [-0.39, 0.29) is 5.91 Å². The third-order valence-corrected chi connectivity index (χ3v) is 6.14. The summed E-state index contributed by atoms with van der Waals surface area (Å²) < 4.78 is 1.08. The normalized spacial score (nSPS) is 20.7. The molecule has 2 aliphatic rings. The Morgan fingerprint density at radius 1 is 0.885 bits per heavy atom. The molecule has 2 fully saturated rings. The Bertz CT molecular complexity index is 751. The predicted molar refractivity (Wildman–Crippen MR) is 109 cm³/mol. The molecular formula is C22H25BrN2O. The molecule has 2 heterocycles. The van der Waals surface area contributed by atoms with E-state index in [1.807, 2.05) is 24.3 Å². The van der Waals surface area contributed by atoms with Crippen LogP contribution in [0.5, 0.6) is 0 Å². The highest BCUT2D eigenvalue weighted by molar-refractivity contribution is 9.10. The highest BCUT2D eigenvalue weighted by Crippen LogP contribution is 2.25. The second-order valence-electron chi connectivity index (χ2n) is 7.39. The lowest BCUT2D eigenvalue weighted by atomic mass is 10.0. The van der Waals surface area contributed by atoms with E-state index in [4.69, 9.17) is 0 Å². The lowest BCUT2D eigenvalue weighted by Gasteiger charge is -2.28. The molecule has 0 bridgehead atoms. The van der Waals surface area contributed by atoms with Crippen molar-refractivity contribution >= 4 is 21.8 Å². The molecule has 0 saturated carbocycles. The molecule has 136 valence electrons. The molecule has 2 aromatic carbocycles. The molecule has 0 radical (unpaired) electrons. The fraction of sp³-hybridized carbons (Fsp3) is 0.409. The Labute approximate surface area is 164 Å². The first-order valence-corrected chi connectivity index (χ1v) is 10.4. The first kappa shape index (κ1) is 17.7. The first-order chi connectivity index (χ1) is 12.7. The first-order valence-electron chi connectivity index (χ1n) is 9.60. The minimum Gasteiger partial charge on any atom is -0.334 e. The van der Waals surface area contributed by atoms with Crippen LogP contribution in [0.2, 0.25) is 0 Å². The monoisotopic (exact) mass is 412 g/mol. The van der Waals surface area contributed by atoms with Crippen LogP contribution in [0.1, 0.15) is 36.0 Å². The van der Waals surface area contributed by atoms with Gasteiger partial charge >= 0.3 is 0 Å². The van der Waals surface area contributed by atoms with Crippen LogP contribution in [0.25, 0.3) is 11.1 Å². The van der Waals surface area contributed by atoms with E-state index in [0.717, 1.165) is 41.5 Å². The van der Waals surface area contributed by atoms with Crippen molar-refractivity contribution in [2.24, 2.45) is 0 Å². The van der Waals surface area contributed by atoms with Gasteiger partial charge in [0, 0.05) is 29.2 Å². The predicted octanol–water partition coefficient (Wildman–Crippen LogP) is 4.82. The minimum absolute atomic E-state index is 0.189. The number of hydrogen-bond donors (Lipinski definition) is 0. The van der Waals surface area contributed by atoms with E-state index in [0.29, 0.717) is 6.04 Å². The number of rotatable bonds is 4. The molecule has 2 aromatic rings. The Balaban J connectivity index is 1.46. The molecule has 0 aliphatic carbocycles. The average Bonchev–Trinajstić information content (AvgIpc) is 3.34. The Morgan fingerprint density at radius 3 is 2.15 bits per heavy atom. The maximum atomic E-state index is 13.0. The highest BCUT2D eigenvalue weighted by atomic mass is 79.9. The Kier molecular flexibility index (Phi) is 5.41. The van der Waals surface area contributed by atoms with Crippen molar-refractivity contribution in [3.8, 4) is 11.1 Å². The van der Waals surface area contributed by atoms with E-state index in [1.54, 1.807) is 0 Å². The molecular weight excluding hydrogens is 388 g/mol. The summed E-state index contributed by atoms with van der Waals surface area (Å²) in [6.07, 6.45) is 4.87. The van der Waals surface area contributed by atoms with Gasteiger partial charge in [0.1, 0.15) is 0 Å². The molecule has 1 atom stereocenters. The molecule has 0 aromatic heterocycles. The van der Waals surface area contributed by atoms with Gasteiger partial charge in [-0.15, -0.1) is 0 Å². The van der Waals surface area contributed by atoms with Gasteiger partial charge < -0.3 is 9.80 Å². The van der Waals surface area contributed by atoms with Gasteiger partial charge in [-0.05, 0) is 74.2 Å². The maximum absolute atomic E-state index is 13.0. The lowest BCUT2D eigenvalue weighted by molar-refractivity contribution is 0.0709. The minimum atomic E-state index is 0.189. The molecule has 3 nitrogen and oxygen atoms in total. The highest BCUT2D eigenvalue weighted by Gasteiger charge is 2.31. The summed E-state index contributed by atoms with van der Waals surface area (Å²) >= 11 is 3.47. The van der Waals surface area contributed by atoms with Crippen LogP contribution in [0.4, 0.5) is 0 Å². The number of likely N-dealkylation sites (tertiary alicyclic amines) is 2. The van der Waals surface area contributed by atoms with Crippen molar-refractivity contribution in [3.63, 3.8) is 0 Å². The number of amides is 1. The third kappa shape index (κ3) is 3.86. The lowest BCUT2D eigenvalue weighted by Crippen LogP contribution is -2.42. The standard InChI is InChI=1S/C22H25BrN2O/c23-20-11-9-18(10-12-20)17-5-7-19(8-6-17)22(26)25-15-3-4-21(25)16-24-13-1-2-14-24/h5-12,21H,1-4,13-16H2. The zero-order valence-corrected chi connectivity index (χ0v) is 16.6. The van der Waals surface area contributed by atoms with Gasteiger partial charge in [0.25, 0.3) is 5.91 Å². The molecule has 1 amide bonds. The number of nitrogens with zero attached hydrogens (tertiary/aromatic N) is 2. The topological polar surface area (TPSA) is 23.6 Å². The van der Waals surface area contributed by atoms with E-state index >= 15 is 0 Å². The Hall–Kier alpha value is -1.65. The largest absolute Gasteiger partial charge is 0.334 e. The smallest absolute Gasteiger partial charge is 0.254 e. The van der Waals surface area contributed by atoms with E-state index in [2.05, 4.69) is 50.0 Å². The van der Waals surface area contributed by atoms with Gasteiger partial charge in [0.2, 0.25) is 0 Å². The van der Waals surface area contributed by atoms with E-state index in [9.17, 15) is 4.79 Å². The van der Waals surface area contributed by atoms with Crippen LogP contribution in [0.3, 0.4) is 0 Å². The summed E-state index contributed by atoms with van der Waals surface area (Å²) in [6, 6.07) is 16.7. The van der Waals surface area contributed by atoms with Crippen molar-refractivity contribution in [3.05, 3.63) is 58.6 Å². The molecule has 26 heavy (non-hydrogen) atoms. The molecule has 1 unspecified atom stereocenters. The number of halogens is 1. The fourth-order valence-corrected chi connectivity index (χ4v) is 4.43. The fourth-order valence-electron chi connectivity index (χ4n) is 4.17. The second-order valence-corrected chi connectivity index (χ2v) is 8.30. The van der Waals surface area contributed by atoms with Gasteiger partial charge in [-0.1, -0.05) is 40.2 Å². The summed E-state index contributed by atoms with van der Waals surface area (Å²) in [7, 11) is 0. The van der Waals surface area contributed by atoms with Crippen LogP contribution in [0.15, 0.2) is 53.0 Å². The van der Waals surface area contributed by atoms with E-state index in [1.165, 1.54) is 31.5 Å². The van der Waals surface area contributed by atoms with Crippen molar-refractivity contribution in [1.29, 1.82) is 0 Å². The molecule has 4 rings (SSSR count). The summed E-state index contributed by atoms with van der Waals surface area (Å²) in [5.74, 6) is 0.189. The van der Waals surface area contributed by atoms with Crippen LogP contribution in [-0.4, -0.2) is 47.9 Å². The summed E-state index contributed by atoms with van der Waals surface area (Å²) in [6.45, 7) is 4.33. The van der Waals surface area contributed by atoms with Crippen molar-refractivity contribution in [2.75, 3.05) is 26.2 Å². The van der Waals surface area contributed by atoms with Crippen LogP contribution < -0.4 is 0 Å². The number of carbonyl (C=O) groups excluding carboxylic acids is 1. The molecule has 2 saturated heterocycles. The quantitative estimate of drug-likeness (QED) is 0.718. The summed E-state index contributed by atoms with van der Waals surface area (Å²) in [5.41, 5.74) is 3.11. The van der Waals surface area contributed by atoms with Gasteiger partial charge in [0.05, 0.1) is 0 Å². The molecule has 2 aliphatic heterocycles. The van der Waals surface area contributed by atoms with Gasteiger partial charge in [-0.25, -0.2) is 0 Å². The van der Waals surface area contributed by atoms with Crippen molar-refractivity contribution < 1.29 is 4.79 Å². The van der Waals surface area contributed by atoms with Crippen LogP contribution in [0, 0.1) is 0 Å². The Morgan fingerprint density at radius 2 is 1.50 bits per heavy atom. The third-order valence-electron chi connectivity index (χ3n) is 5.62. The van der Waals surface area contributed by atoms with Crippen LogP contribution in [-0.2, 0) is 0 Å². The van der Waals surface area contributed by atoms with Gasteiger partial charge in [0.15, 0.2) is 0 Å². The van der Waals surface area contributed by atoms with Gasteiger partial charge in [-0.2, -0.15) is 0 Å². The molecule has 0 spiro atoms. The number of carbonyl (C=O) groups is 1. The summed E-state index contributed by atoms with van der Waals surface area (Å²) in [4.78, 5) is 17.6. The van der Waals surface area contributed by atoms with Crippen LogP contribution >= 0.6 is 15.9 Å². The number of hydrogen-bond acceptors (Lipinski definition) is 2.